The summed E-state index contributed by atoms with van der Waals surface area (Å²) in [7, 11) is 2.54. The van der Waals surface area contributed by atoms with Gasteiger partial charge in [0.05, 0.1) is 27.4 Å². The first kappa shape index (κ1) is 17.0. The first-order chi connectivity index (χ1) is 10.6. The van der Waals surface area contributed by atoms with E-state index in [0.29, 0.717) is 19.0 Å². The van der Waals surface area contributed by atoms with E-state index >= 15 is 0 Å². The van der Waals surface area contributed by atoms with E-state index in [-0.39, 0.29) is 12.5 Å². The molecule has 2 atom stereocenters. The summed E-state index contributed by atoms with van der Waals surface area (Å²) >= 11 is 1.22. The lowest BCUT2D eigenvalue weighted by molar-refractivity contribution is -0.900. The fraction of sp³-hybridized carbons (Fsp3) is 0.769. The number of rotatable bonds is 4. The Balaban J connectivity index is 2.10. The average molecular weight is 333 g/mol. The van der Waals surface area contributed by atoms with Crippen LogP contribution in [0.1, 0.15) is 0 Å². The van der Waals surface area contributed by atoms with Gasteiger partial charge in [-0.15, -0.1) is 11.8 Å². The van der Waals surface area contributed by atoms with Crippen LogP contribution in [0.15, 0.2) is 0 Å². The fourth-order valence-electron chi connectivity index (χ4n) is 2.55. The highest BCUT2D eigenvalue weighted by Gasteiger charge is 2.47. The van der Waals surface area contributed by atoms with Gasteiger partial charge in [0.25, 0.3) is 5.91 Å². The number of esters is 2. The van der Waals surface area contributed by atoms with Crippen molar-refractivity contribution in [3.05, 3.63) is 0 Å². The van der Waals surface area contributed by atoms with E-state index in [2.05, 4.69) is 0 Å². The molecule has 2 aliphatic rings. The van der Waals surface area contributed by atoms with Gasteiger partial charge >= 0.3 is 11.9 Å². The van der Waals surface area contributed by atoms with Gasteiger partial charge < -0.3 is 24.0 Å². The van der Waals surface area contributed by atoms with Gasteiger partial charge in [-0.05, 0) is 0 Å². The molecule has 0 aromatic rings. The Morgan fingerprint density at radius 3 is 2.41 bits per heavy atom. The zero-order valence-corrected chi connectivity index (χ0v) is 13.5. The Kier molecular flexibility index (Phi) is 6.04. The van der Waals surface area contributed by atoms with E-state index in [1.807, 2.05) is 0 Å². The molecule has 1 amide bonds. The summed E-state index contributed by atoms with van der Waals surface area (Å²) in [4.78, 5) is 38.7. The van der Waals surface area contributed by atoms with Gasteiger partial charge in [-0.3, -0.25) is 4.79 Å². The summed E-state index contributed by atoms with van der Waals surface area (Å²) in [5.74, 6) is -0.949. The lowest BCUT2D eigenvalue weighted by atomic mass is 10.2. The molecule has 1 N–H and O–H groups in total. The van der Waals surface area contributed by atoms with Crippen LogP contribution in [-0.2, 0) is 28.6 Å². The van der Waals surface area contributed by atoms with Gasteiger partial charge in [-0.1, -0.05) is 0 Å². The summed E-state index contributed by atoms with van der Waals surface area (Å²) in [6.07, 6.45) is 0. The SMILES string of the molecule is COC(=O)[C@H]1CS[C@@H](C(=O)OC)N1C(=O)C[NH+]1CCOCC1. The van der Waals surface area contributed by atoms with Crippen LogP contribution in [0, 0.1) is 0 Å². The molecule has 124 valence electrons. The highest BCUT2D eigenvalue weighted by Crippen LogP contribution is 2.30. The van der Waals surface area contributed by atoms with Crippen molar-refractivity contribution in [2.24, 2.45) is 0 Å². The molecule has 9 heteroatoms. The van der Waals surface area contributed by atoms with Crippen LogP contribution < -0.4 is 4.90 Å². The maximum absolute atomic E-state index is 12.6. The molecule has 0 aliphatic carbocycles. The van der Waals surface area contributed by atoms with Crippen LogP contribution in [0.5, 0.6) is 0 Å². The van der Waals surface area contributed by atoms with Crippen molar-refractivity contribution < 1.29 is 33.5 Å². The Morgan fingerprint density at radius 2 is 1.82 bits per heavy atom. The van der Waals surface area contributed by atoms with E-state index in [1.54, 1.807) is 0 Å². The summed E-state index contributed by atoms with van der Waals surface area (Å²) in [5, 5.41) is -0.790. The third-order valence-electron chi connectivity index (χ3n) is 3.77. The number of amides is 1. The third-order valence-corrected chi connectivity index (χ3v) is 5.01. The standard InChI is InChI=1S/C13H20N2O6S/c1-19-12(17)9-8-22-11(13(18)20-2)15(9)10(16)7-14-3-5-21-6-4-14/h9,11H,3-8H2,1-2H3/p+1/t9-,11+/m1/s1. The summed E-state index contributed by atoms with van der Waals surface area (Å²) < 4.78 is 14.7. The van der Waals surface area contributed by atoms with Crippen LogP contribution in [0.25, 0.3) is 0 Å². The van der Waals surface area contributed by atoms with Crippen molar-refractivity contribution in [3.63, 3.8) is 0 Å². The maximum atomic E-state index is 12.6. The van der Waals surface area contributed by atoms with Crippen molar-refractivity contribution in [2.45, 2.75) is 11.4 Å². The number of thioether (sulfide) groups is 1. The highest BCUT2D eigenvalue weighted by atomic mass is 32.2. The van der Waals surface area contributed by atoms with Gasteiger partial charge in [0.2, 0.25) is 0 Å². The van der Waals surface area contributed by atoms with Gasteiger partial charge in [0.1, 0.15) is 19.1 Å². The zero-order valence-electron chi connectivity index (χ0n) is 12.7. The Hall–Kier alpha value is -1.32. The van der Waals surface area contributed by atoms with Crippen LogP contribution >= 0.6 is 11.8 Å². The predicted molar refractivity (Wildman–Crippen MR) is 77.3 cm³/mol. The monoisotopic (exact) mass is 333 g/mol. The quantitative estimate of drug-likeness (QED) is 0.570. The zero-order chi connectivity index (χ0) is 16.1. The molecule has 0 aromatic heterocycles. The number of hydrogen-bond donors (Lipinski definition) is 1. The molecular weight excluding hydrogens is 312 g/mol. The summed E-state index contributed by atoms with van der Waals surface area (Å²) in [6.45, 7) is 2.92. The lowest BCUT2D eigenvalue weighted by Gasteiger charge is -2.29. The van der Waals surface area contributed by atoms with Gasteiger partial charge in [-0.25, -0.2) is 9.59 Å². The molecule has 0 bridgehead atoms. The number of quaternary nitrogens is 1. The number of hydrogen-bond acceptors (Lipinski definition) is 7. The van der Waals surface area contributed by atoms with Gasteiger partial charge in [0, 0.05) is 5.75 Å². The van der Waals surface area contributed by atoms with Crippen molar-refractivity contribution in [3.8, 4) is 0 Å². The van der Waals surface area contributed by atoms with Crippen molar-refractivity contribution >= 4 is 29.6 Å². The Bertz CT molecular complexity index is 416. The minimum Gasteiger partial charge on any atom is -0.467 e. The first-order valence-electron chi connectivity index (χ1n) is 7.08. The van der Waals surface area contributed by atoms with Crippen LogP contribution in [0.4, 0.5) is 0 Å². The van der Waals surface area contributed by atoms with Gasteiger partial charge in [-0.2, -0.15) is 0 Å². The third kappa shape index (κ3) is 3.71. The molecule has 0 unspecified atom stereocenters. The second-order valence-corrected chi connectivity index (χ2v) is 6.20. The smallest absolute Gasteiger partial charge is 0.339 e. The van der Waals surface area contributed by atoms with Crippen LogP contribution in [0.3, 0.4) is 0 Å². The Morgan fingerprint density at radius 1 is 1.18 bits per heavy atom. The summed E-state index contributed by atoms with van der Waals surface area (Å²) in [5.41, 5.74) is 0. The average Bonchev–Trinajstić information content (AvgIpc) is 2.99. The molecule has 2 saturated heterocycles. The van der Waals surface area contributed by atoms with Crippen LogP contribution in [-0.4, -0.2) is 87.0 Å². The van der Waals surface area contributed by atoms with E-state index in [4.69, 9.17) is 14.2 Å². The largest absolute Gasteiger partial charge is 0.467 e. The minimum absolute atomic E-state index is 0.227. The van der Waals surface area contributed by atoms with E-state index < -0.39 is 23.4 Å². The molecule has 0 spiro atoms. The number of carbonyl (C=O) groups is 3. The molecule has 0 aromatic carbocycles. The maximum Gasteiger partial charge on any atom is 0.339 e. The molecule has 8 nitrogen and oxygen atoms in total. The number of carbonyl (C=O) groups excluding carboxylic acids is 3. The van der Waals surface area contributed by atoms with E-state index in [0.717, 1.165) is 18.0 Å². The fourth-order valence-corrected chi connectivity index (χ4v) is 3.87. The first-order valence-corrected chi connectivity index (χ1v) is 8.13. The molecule has 2 rings (SSSR count). The number of methoxy groups -OCH3 is 2. The molecule has 2 aliphatic heterocycles. The number of morpholine rings is 1. The second-order valence-electron chi connectivity index (χ2n) is 5.09. The Labute approximate surface area is 133 Å². The van der Waals surface area contributed by atoms with Crippen molar-refractivity contribution in [1.29, 1.82) is 0 Å². The van der Waals surface area contributed by atoms with E-state index in [1.165, 1.54) is 30.9 Å². The summed E-state index contributed by atoms with van der Waals surface area (Å²) in [6, 6.07) is -0.743. The number of nitrogens with zero attached hydrogens (tertiary/aromatic N) is 1. The molecule has 2 heterocycles. The number of nitrogens with one attached hydrogen (secondary N) is 1. The predicted octanol–water partition coefficient (Wildman–Crippen LogP) is -2.48. The molecule has 0 radical (unpaired) electrons. The van der Waals surface area contributed by atoms with Crippen LogP contribution in [0.2, 0.25) is 0 Å². The van der Waals surface area contributed by atoms with Crippen molar-refractivity contribution in [2.75, 3.05) is 52.8 Å². The highest BCUT2D eigenvalue weighted by molar-refractivity contribution is 8.00. The molecular formula is C13H21N2O6S+. The number of ether oxygens (including phenoxy) is 3. The molecule has 0 saturated carbocycles. The second kappa shape index (κ2) is 7.80. The normalized spacial score (nSPS) is 25.8. The van der Waals surface area contributed by atoms with Crippen molar-refractivity contribution in [1.82, 2.24) is 4.90 Å². The molecule has 2 fully saturated rings. The van der Waals surface area contributed by atoms with E-state index in [9.17, 15) is 14.4 Å². The minimum atomic E-state index is -0.790. The topological polar surface area (TPSA) is 86.6 Å². The molecule has 22 heavy (non-hydrogen) atoms. The van der Waals surface area contributed by atoms with Gasteiger partial charge in [0.15, 0.2) is 11.9 Å². The lowest BCUT2D eigenvalue weighted by Crippen LogP contribution is -3.15.